The average molecular weight is 356 g/mol. The monoisotopic (exact) mass is 355 g/mol. The number of halogens is 1. The van der Waals surface area contributed by atoms with Crippen LogP contribution in [0.2, 0.25) is 5.02 Å². The van der Waals surface area contributed by atoms with Crippen molar-refractivity contribution < 1.29 is 8.42 Å². The van der Waals surface area contributed by atoms with Crippen molar-refractivity contribution in [1.29, 1.82) is 5.26 Å². The molecule has 1 aromatic rings. The second kappa shape index (κ2) is 7.63. The lowest BCUT2D eigenvalue weighted by Gasteiger charge is -2.24. The fourth-order valence-corrected chi connectivity index (χ4v) is 5.00. The fourth-order valence-electron chi connectivity index (χ4n) is 2.95. The first-order valence-electron chi connectivity index (χ1n) is 7.84. The van der Waals surface area contributed by atoms with Crippen molar-refractivity contribution >= 4 is 21.6 Å². The van der Waals surface area contributed by atoms with E-state index in [0.717, 1.165) is 26.1 Å². The Morgan fingerprint density at radius 2 is 2.17 bits per heavy atom. The predicted octanol–water partition coefficient (Wildman–Crippen LogP) is 2.56. The van der Waals surface area contributed by atoms with Gasteiger partial charge in [-0.15, -0.1) is 0 Å². The zero-order chi connectivity index (χ0) is 17.0. The molecular weight excluding hydrogens is 334 g/mol. The highest BCUT2D eigenvalue weighted by Crippen LogP contribution is 2.27. The average Bonchev–Trinajstić information content (AvgIpc) is 2.99. The lowest BCUT2D eigenvalue weighted by molar-refractivity contribution is 0.314. The summed E-state index contributed by atoms with van der Waals surface area (Å²) in [5, 5.41) is 8.98. The summed E-state index contributed by atoms with van der Waals surface area (Å²) >= 11 is 6.09. The van der Waals surface area contributed by atoms with Crippen molar-refractivity contribution in [1.82, 2.24) is 9.21 Å². The number of hydrogen-bond donors (Lipinski definition) is 0. The third-order valence-electron chi connectivity index (χ3n) is 4.31. The molecule has 1 aliphatic heterocycles. The number of benzene rings is 1. The first-order chi connectivity index (χ1) is 10.9. The quantitative estimate of drug-likeness (QED) is 0.786. The molecule has 23 heavy (non-hydrogen) atoms. The van der Waals surface area contributed by atoms with E-state index in [1.165, 1.54) is 22.5 Å². The minimum atomic E-state index is -3.65. The molecule has 0 spiro atoms. The highest BCUT2D eigenvalue weighted by atomic mass is 35.5. The van der Waals surface area contributed by atoms with Crippen LogP contribution in [0.15, 0.2) is 23.1 Å². The van der Waals surface area contributed by atoms with Gasteiger partial charge in [-0.2, -0.15) is 9.57 Å². The van der Waals surface area contributed by atoms with Gasteiger partial charge in [-0.05, 0) is 43.6 Å². The maximum atomic E-state index is 12.9. The van der Waals surface area contributed by atoms with Crippen molar-refractivity contribution in [3.05, 3.63) is 28.8 Å². The molecule has 0 bridgehead atoms. The standard InChI is InChI=1S/C16H22ClN3O2S/c1-3-19-8-7-14(11-19)12-20(4-2)23(21,22)16-6-5-13(10-18)9-15(16)17/h5-6,9,14H,3-4,7-8,11-12H2,1-2H3. The molecule has 0 aliphatic carbocycles. The molecule has 0 saturated carbocycles. The van der Waals surface area contributed by atoms with Crippen LogP contribution in [-0.4, -0.2) is 50.3 Å². The second-order valence-corrected chi connectivity index (χ2v) is 8.07. The van der Waals surface area contributed by atoms with E-state index < -0.39 is 10.0 Å². The summed E-state index contributed by atoms with van der Waals surface area (Å²) in [7, 11) is -3.65. The molecule has 1 unspecified atom stereocenters. The highest BCUT2D eigenvalue weighted by molar-refractivity contribution is 7.89. The van der Waals surface area contributed by atoms with Crippen LogP contribution in [0.3, 0.4) is 0 Å². The third kappa shape index (κ3) is 4.04. The van der Waals surface area contributed by atoms with Crippen molar-refractivity contribution in [2.24, 2.45) is 5.92 Å². The lowest BCUT2D eigenvalue weighted by Crippen LogP contribution is -2.36. The number of rotatable bonds is 6. The van der Waals surface area contributed by atoms with Crippen molar-refractivity contribution in [2.45, 2.75) is 25.2 Å². The van der Waals surface area contributed by atoms with Crippen LogP contribution in [0.4, 0.5) is 0 Å². The van der Waals surface area contributed by atoms with Gasteiger partial charge in [-0.3, -0.25) is 0 Å². The molecule has 2 rings (SSSR count). The maximum absolute atomic E-state index is 12.9. The maximum Gasteiger partial charge on any atom is 0.244 e. The van der Waals surface area contributed by atoms with Gasteiger partial charge in [0.1, 0.15) is 4.90 Å². The smallest absolute Gasteiger partial charge is 0.244 e. The zero-order valence-electron chi connectivity index (χ0n) is 13.5. The van der Waals surface area contributed by atoms with Gasteiger partial charge in [0.25, 0.3) is 0 Å². The largest absolute Gasteiger partial charge is 0.303 e. The molecule has 1 heterocycles. The molecule has 0 radical (unpaired) electrons. The highest BCUT2D eigenvalue weighted by Gasteiger charge is 2.30. The number of nitriles is 1. The summed E-state index contributed by atoms with van der Waals surface area (Å²) in [5.41, 5.74) is 0.353. The molecule has 0 aromatic heterocycles. The van der Waals surface area contributed by atoms with E-state index in [0.29, 0.717) is 24.6 Å². The topological polar surface area (TPSA) is 64.4 Å². The lowest BCUT2D eigenvalue weighted by atomic mass is 10.1. The summed E-state index contributed by atoms with van der Waals surface area (Å²) in [6.07, 6.45) is 1.01. The molecule has 5 nitrogen and oxygen atoms in total. The molecular formula is C16H22ClN3O2S. The van der Waals surface area contributed by atoms with Crippen LogP contribution < -0.4 is 0 Å². The minimum absolute atomic E-state index is 0.0744. The van der Waals surface area contributed by atoms with Crippen LogP contribution in [0.5, 0.6) is 0 Å². The Balaban J connectivity index is 2.21. The Kier molecular flexibility index (Phi) is 6.04. The van der Waals surface area contributed by atoms with Gasteiger partial charge >= 0.3 is 0 Å². The van der Waals surface area contributed by atoms with E-state index in [-0.39, 0.29) is 9.92 Å². The summed E-state index contributed by atoms with van der Waals surface area (Å²) in [4.78, 5) is 2.41. The summed E-state index contributed by atoms with van der Waals surface area (Å²) in [5.74, 6) is 0.349. The van der Waals surface area contributed by atoms with Crippen LogP contribution in [-0.2, 0) is 10.0 Å². The van der Waals surface area contributed by atoms with Crippen LogP contribution in [0, 0.1) is 17.2 Å². The molecule has 1 aromatic carbocycles. The molecule has 126 valence electrons. The van der Waals surface area contributed by atoms with Crippen molar-refractivity contribution in [3.8, 4) is 6.07 Å². The van der Waals surface area contributed by atoms with Crippen LogP contribution in [0.1, 0.15) is 25.8 Å². The Labute approximate surface area is 143 Å². The molecule has 1 atom stereocenters. The minimum Gasteiger partial charge on any atom is -0.303 e. The Morgan fingerprint density at radius 3 is 2.70 bits per heavy atom. The predicted molar refractivity (Wildman–Crippen MR) is 90.8 cm³/mol. The SMILES string of the molecule is CCN1CCC(CN(CC)S(=O)(=O)c2ccc(C#N)cc2Cl)C1. The van der Waals surface area contributed by atoms with Gasteiger partial charge in [0.2, 0.25) is 10.0 Å². The number of hydrogen-bond acceptors (Lipinski definition) is 4. The Morgan fingerprint density at radius 1 is 1.43 bits per heavy atom. The molecule has 0 N–H and O–H groups in total. The van der Waals surface area contributed by atoms with Crippen LogP contribution >= 0.6 is 11.6 Å². The molecule has 1 saturated heterocycles. The van der Waals surface area contributed by atoms with Gasteiger partial charge in [-0.1, -0.05) is 25.4 Å². The molecule has 0 amide bonds. The van der Waals surface area contributed by atoms with E-state index in [9.17, 15) is 8.42 Å². The van der Waals surface area contributed by atoms with Gasteiger partial charge in [-0.25, -0.2) is 8.42 Å². The molecule has 1 fully saturated rings. The van der Waals surface area contributed by atoms with E-state index in [1.807, 2.05) is 13.0 Å². The Hall–Kier alpha value is -1.13. The van der Waals surface area contributed by atoms with Crippen LogP contribution in [0.25, 0.3) is 0 Å². The van der Waals surface area contributed by atoms with E-state index in [4.69, 9.17) is 16.9 Å². The van der Waals surface area contributed by atoms with Gasteiger partial charge in [0.05, 0.1) is 16.7 Å². The molecule has 1 aliphatic rings. The number of likely N-dealkylation sites (tertiary alicyclic amines) is 1. The summed E-state index contributed by atoms with van der Waals surface area (Å²) < 4.78 is 27.2. The van der Waals surface area contributed by atoms with Crippen molar-refractivity contribution in [2.75, 3.05) is 32.7 Å². The first-order valence-corrected chi connectivity index (χ1v) is 9.66. The van der Waals surface area contributed by atoms with E-state index in [2.05, 4.69) is 11.8 Å². The normalized spacial score (nSPS) is 19.2. The van der Waals surface area contributed by atoms with E-state index in [1.54, 1.807) is 0 Å². The summed E-state index contributed by atoms with van der Waals surface area (Å²) in [6, 6.07) is 6.27. The fraction of sp³-hybridized carbons (Fsp3) is 0.562. The number of nitrogens with zero attached hydrogens (tertiary/aromatic N) is 3. The third-order valence-corrected chi connectivity index (χ3v) is 6.73. The van der Waals surface area contributed by atoms with Gasteiger partial charge < -0.3 is 4.90 Å². The van der Waals surface area contributed by atoms with Gasteiger partial charge in [0.15, 0.2) is 0 Å². The number of sulfonamides is 1. The van der Waals surface area contributed by atoms with Crippen molar-refractivity contribution in [3.63, 3.8) is 0 Å². The summed E-state index contributed by atoms with van der Waals surface area (Å²) in [6.45, 7) is 7.82. The zero-order valence-corrected chi connectivity index (χ0v) is 15.1. The first kappa shape index (κ1) is 18.2. The molecule has 7 heteroatoms. The van der Waals surface area contributed by atoms with E-state index >= 15 is 0 Å². The second-order valence-electron chi connectivity index (χ2n) is 5.76. The van der Waals surface area contributed by atoms with Gasteiger partial charge in [0, 0.05) is 19.6 Å². The Bertz CT molecular complexity index is 700.